The van der Waals surface area contributed by atoms with Gasteiger partial charge in [-0.15, -0.1) is 5.10 Å². The lowest BCUT2D eigenvalue weighted by Gasteiger charge is -2.47. The molecule has 166 valence electrons. The first-order chi connectivity index (χ1) is 15.6. The summed E-state index contributed by atoms with van der Waals surface area (Å²) >= 11 is 0. The number of para-hydroxylation sites is 1. The van der Waals surface area contributed by atoms with Crippen molar-refractivity contribution in [2.24, 2.45) is 11.8 Å². The molecular formula is C25H28N4O3. The van der Waals surface area contributed by atoms with E-state index in [1.807, 2.05) is 64.2 Å². The number of nitrogens with zero attached hydrogens (tertiary/aromatic N) is 4. The molecule has 7 heteroatoms. The van der Waals surface area contributed by atoms with Crippen LogP contribution in [0.4, 0.5) is 0 Å². The fourth-order valence-electron chi connectivity index (χ4n) is 5.69. The van der Waals surface area contributed by atoms with Gasteiger partial charge in [0.2, 0.25) is 5.91 Å². The fourth-order valence-corrected chi connectivity index (χ4v) is 5.69. The smallest absolute Gasteiger partial charge is 0.306 e. The first-order valence-corrected chi connectivity index (χ1v) is 11.5. The predicted molar refractivity (Wildman–Crippen MR) is 120 cm³/mol. The largest absolute Gasteiger partial charge is 0.481 e. The molecule has 2 fully saturated rings. The third-order valence-corrected chi connectivity index (χ3v) is 7.24. The number of benzene rings is 2. The van der Waals surface area contributed by atoms with E-state index < -0.39 is 5.97 Å². The average Bonchev–Trinajstić information content (AvgIpc) is 3.26. The van der Waals surface area contributed by atoms with Crippen molar-refractivity contribution in [3.8, 4) is 0 Å². The highest BCUT2D eigenvalue weighted by atomic mass is 16.4. The molecule has 1 N–H and O–H groups in total. The minimum Gasteiger partial charge on any atom is -0.481 e. The SMILES string of the molecule is O=C(O)C1CCN(C(=O)CC(c2ccccc2)n2nnc3ccccc32)C2CCCCC12. The molecule has 1 aliphatic heterocycles. The summed E-state index contributed by atoms with van der Waals surface area (Å²) in [5.41, 5.74) is 2.71. The summed E-state index contributed by atoms with van der Waals surface area (Å²) < 4.78 is 1.85. The third kappa shape index (κ3) is 3.76. The van der Waals surface area contributed by atoms with Crippen LogP contribution in [-0.2, 0) is 9.59 Å². The highest BCUT2D eigenvalue weighted by Crippen LogP contribution is 2.40. The number of fused-ring (bicyclic) bond motifs is 2. The second kappa shape index (κ2) is 8.73. The van der Waals surface area contributed by atoms with Crippen LogP contribution in [0.1, 0.15) is 50.1 Å². The minimum atomic E-state index is -0.717. The molecule has 2 aliphatic rings. The van der Waals surface area contributed by atoms with Crippen molar-refractivity contribution in [2.75, 3.05) is 6.54 Å². The topological polar surface area (TPSA) is 88.3 Å². The van der Waals surface area contributed by atoms with Crippen LogP contribution < -0.4 is 0 Å². The van der Waals surface area contributed by atoms with E-state index in [2.05, 4.69) is 10.3 Å². The molecule has 1 saturated carbocycles. The zero-order valence-electron chi connectivity index (χ0n) is 18.0. The molecule has 0 spiro atoms. The lowest BCUT2D eigenvalue weighted by Crippen LogP contribution is -2.54. The van der Waals surface area contributed by atoms with E-state index in [9.17, 15) is 14.7 Å². The minimum absolute atomic E-state index is 0.0232. The van der Waals surface area contributed by atoms with Crippen LogP contribution in [0.5, 0.6) is 0 Å². The van der Waals surface area contributed by atoms with E-state index in [-0.39, 0.29) is 36.2 Å². The normalized spacial score (nSPS) is 24.1. The summed E-state index contributed by atoms with van der Waals surface area (Å²) in [6, 6.07) is 17.5. The highest BCUT2D eigenvalue weighted by molar-refractivity contribution is 5.79. The highest BCUT2D eigenvalue weighted by Gasteiger charge is 2.44. The molecule has 5 rings (SSSR count). The van der Waals surface area contributed by atoms with Crippen molar-refractivity contribution in [3.63, 3.8) is 0 Å². The molecular weight excluding hydrogens is 404 g/mol. The van der Waals surface area contributed by atoms with Crippen molar-refractivity contribution < 1.29 is 14.7 Å². The third-order valence-electron chi connectivity index (χ3n) is 7.24. The summed E-state index contributed by atoms with van der Waals surface area (Å²) in [7, 11) is 0. The zero-order chi connectivity index (χ0) is 22.1. The fraction of sp³-hybridized carbons (Fsp3) is 0.440. The van der Waals surface area contributed by atoms with Gasteiger partial charge >= 0.3 is 5.97 Å². The number of aliphatic carboxylic acids is 1. The maximum Gasteiger partial charge on any atom is 0.306 e. The van der Waals surface area contributed by atoms with Gasteiger partial charge in [0.25, 0.3) is 0 Å². The molecule has 3 aromatic rings. The molecule has 1 aromatic heterocycles. The number of piperidine rings is 1. The predicted octanol–water partition coefficient (Wildman–Crippen LogP) is 3.90. The van der Waals surface area contributed by atoms with Crippen molar-refractivity contribution in [3.05, 3.63) is 60.2 Å². The van der Waals surface area contributed by atoms with Gasteiger partial charge in [-0.3, -0.25) is 9.59 Å². The van der Waals surface area contributed by atoms with Gasteiger partial charge in [0.1, 0.15) is 5.52 Å². The number of rotatable bonds is 5. The van der Waals surface area contributed by atoms with Crippen LogP contribution >= 0.6 is 0 Å². The van der Waals surface area contributed by atoms with E-state index in [4.69, 9.17) is 0 Å². The first kappa shape index (κ1) is 20.7. The molecule has 7 nitrogen and oxygen atoms in total. The van der Waals surface area contributed by atoms with Crippen LogP contribution in [0.15, 0.2) is 54.6 Å². The quantitative estimate of drug-likeness (QED) is 0.661. The van der Waals surface area contributed by atoms with Crippen LogP contribution in [0, 0.1) is 11.8 Å². The summed E-state index contributed by atoms with van der Waals surface area (Å²) in [6.07, 6.45) is 4.68. The molecule has 32 heavy (non-hydrogen) atoms. The molecule has 1 aliphatic carbocycles. The number of likely N-dealkylation sites (tertiary alicyclic amines) is 1. The van der Waals surface area contributed by atoms with E-state index in [1.54, 1.807) is 0 Å². The lowest BCUT2D eigenvalue weighted by atomic mass is 9.71. The Balaban J connectivity index is 1.45. The van der Waals surface area contributed by atoms with E-state index in [0.717, 1.165) is 42.3 Å². The number of hydrogen-bond donors (Lipinski definition) is 1. The standard InChI is InChI=1S/C25H28N4O3/c30-24(28-15-14-19(25(31)32)18-10-4-6-12-21(18)28)16-23(17-8-2-1-3-9-17)29-22-13-7-5-11-20(22)26-27-29/h1-3,5,7-9,11,13,18-19,21,23H,4,6,10,12,14-16H2,(H,31,32). The number of amides is 1. The molecule has 2 aromatic carbocycles. The molecule has 2 heterocycles. The Morgan fingerprint density at radius 3 is 2.56 bits per heavy atom. The van der Waals surface area contributed by atoms with Crippen molar-refractivity contribution in [1.82, 2.24) is 19.9 Å². The van der Waals surface area contributed by atoms with E-state index >= 15 is 0 Å². The first-order valence-electron chi connectivity index (χ1n) is 11.5. The molecule has 0 bridgehead atoms. The summed E-state index contributed by atoms with van der Waals surface area (Å²) in [6.45, 7) is 0.510. The second-order valence-electron chi connectivity index (χ2n) is 8.99. The van der Waals surface area contributed by atoms with Crippen molar-refractivity contribution >= 4 is 22.9 Å². The molecule has 4 unspecified atom stereocenters. The lowest BCUT2D eigenvalue weighted by molar-refractivity contribution is -0.154. The summed E-state index contributed by atoms with van der Waals surface area (Å²) in [4.78, 5) is 27.4. The molecule has 0 radical (unpaired) electrons. The number of carbonyl (C=O) groups excluding carboxylic acids is 1. The average molecular weight is 433 g/mol. The van der Waals surface area contributed by atoms with E-state index in [1.165, 1.54) is 0 Å². The molecule has 1 amide bonds. The Morgan fingerprint density at radius 2 is 1.75 bits per heavy atom. The van der Waals surface area contributed by atoms with Crippen molar-refractivity contribution in [1.29, 1.82) is 0 Å². The Kier molecular flexibility index (Phi) is 5.64. The second-order valence-corrected chi connectivity index (χ2v) is 8.99. The van der Waals surface area contributed by atoms with Gasteiger partial charge in [-0.05, 0) is 42.9 Å². The van der Waals surface area contributed by atoms with E-state index in [0.29, 0.717) is 13.0 Å². The number of carboxylic acids is 1. The van der Waals surface area contributed by atoms with Gasteiger partial charge < -0.3 is 10.0 Å². The summed E-state index contributed by atoms with van der Waals surface area (Å²) in [5.74, 6) is -0.931. The Labute approximate surface area is 187 Å². The number of hydrogen-bond acceptors (Lipinski definition) is 4. The number of carboxylic acid groups (broad SMARTS) is 1. The summed E-state index contributed by atoms with van der Waals surface area (Å²) in [5, 5.41) is 18.4. The van der Waals surface area contributed by atoms with Gasteiger partial charge in [-0.25, -0.2) is 4.68 Å². The molecule has 1 saturated heterocycles. The van der Waals surface area contributed by atoms with Crippen molar-refractivity contribution in [2.45, 2.75) is 50.6 Å². The number of carbonyl (C=O) groups is 2. The molecule has 4 atom stereocenters. The Bertz CT molecular complexity index is 1110. The van der Waals surface area contributed by atoms with Gasteiger partial charge in [0.05, 0.1) is 23.9 Å². The van der Waals surface area contributed by atoms with Crippen LogP contribution in [-0.4, -0.2) is 49.5 Å². The van der Waals surface area contributed by atoms with Gasteiger partial charge in [0, 0.05) is 12.6 Å². The number of aromatic nitrogens is 3. The van der Waals surface area contributed by atoms with Gasteiger partial charge in [-0.1, -0.05) is 60.5 Å². The van der Waals surface area contributed by atoms with Crippen LogP contribution in [0.3, 0.4) is 0 Å². The van der Waals surface area contributed by atoms with Crippen LogP contribution in [0.25, 0.3) is 11.0 Å². The maximum atomic E-state index is 13.7. The monoisotopic (exact) mass is 432 g/mol. The Hall–Kier alpha value is -3.22. The van der Waals surface area contributed by atoms with Gasteiger partial charge in [0.15, 0.2) is 0 Å². The van der Waals surface area contributed by atoms with Crippen LogP contribution in [0.2, 0.25) is 0 Å². The maximum absolute atomic E-state index is 13.7. The Morgan fingerprint density at radius 1 is 1.00 bits per heavy atom. The zero-order valence-corrected chi connectivity index (χ0v) is 18.0. The van der Waals surface area contributed by atoms with Gasteiger partial charge in [-0.2, -0.15) is 0 Å².